The molecule has 0 unspecified atom stereocenters. The second kappa shape index (κ2) is 14.3. The van der Waals surface area contributed by atoms with E-state index in [2.05, 4.69) is 30.9 Å². The number of nitrogens with zero attached hydrogens (tertiary/aromatic N) is 3. The molecule has 1 aromatic heterocycles. The fraction of sp³-hybridized carbons (Fsp3) is 0.147. The number of carbonyl (C=O) groups excluding carboxylic acids is 2. The molecule has 1 aliphatic rings. The van der Waals surface area contributed by atoms with Crippen molar-refractivity contribution in [2.75, 3.05) is 21.7 Å². The minimum atomic E-state index is -5.06. The Morgan fingerprint density at radius 1 is 0.673 bits per heavy atom. The Balaban J connectivity index is 0.00000257. The smallest absolute Gasteiger partial charge is 0.296 e. The Bertz CT molecular complexity index is 2510. The van der Waals surface area contributed by atoms with Crippen molar-refractivity contribution in [3.63, 3.8) is 0 Å². The number of para-hydroxylation sites is 1. The van der Waals surface area contributed by atoms with Crippen LogP contribution in [-0.4, -0.2) is 52.5 Å². The lowest BCUT2D eigenvalue weighted by Gasteiger charge is -2.26. The zero-order valence-electron chi connectivity index (χ0n) is 28.2. The van der Waals surface area contributed by atoms with Crippen LogP contribution in [-0.2, 0) is 20.2 Å². The van der Waals surface area contributed by atoms with E-state index in [-0.39, 0.29) is 67.6 Å². The molecule has 15 nitrogen and oxygen atoms in total. The minimum absolute atomic E-state index is 0.0111. The van der Waals surface area contributed by atoms with Gasteiger partial charge in [-0.1, -0.05) is 56.3 Å². The maximum absolute atomic E-state index is 13.9. The van der Waals surface area contributed by atoms with Crippen molar-refractivity contribution in [1.82, 2.24) is 15.0 Å². The van der Waals surface area contributed by atoms with Gasteiger partial charge in [-0.15, -0.1) is 0 Å². The van der Waals surface area contributed by atoms with E-state index in [9.17, 15) is 35.5 Å². The van der Waals surface area contributed by atoms with Gasteiger partial charge in [-0.2, -0.15) is 31.8 Å². The molecule has 0 spiro atoms. The number of hydrogen-bond donors (Lipinski definition) is 6. The quantitative estimate of drug-likeness (QED) is 0.0710. The van der Waals surface area contributed by atoms with Crippen LogP contribution in [0.5, 0.6) is 0 Å². The highest BCUT2D eigenvalue weighted by Crippen LogP contribution is 2.44. The van der Waals surface area contributed by atoms with E-state index >= 15 is 0 Å². The summed E-state index contributed by atoms with van der Waals surface area (Å²) in [6.45, 7) is 8.34. The van der Waals surface area contributed by atoms with Gasteiger partial charge >= 0.3 is 0 Å². The highest BCUT2D eigenvalue weighted by atomic mass is 35.5. The summed E-state index contributed by atoms with van der Waals surface area (Å²) < 4.78 is 71.0. The average Bonchev–Trinajstić information content (AvgIpc) is 3.08. The van der Waals surface area contributed by atoms with Crippen molar-refractivity contribution in [3.8, 4) is 0 Å². The number of carbonyl (C=O) groups is 2. The molecule has 0 aliphatic heterocycles. The molecule has 0 radical (unpaired) electrons. The van der Waals surface area contributed by atoms with Crippen molar-refractivity contribution in [3.05, 3.63) is 105 Å². The average molecular weight is 766 g/mol. The molecule has 0 amide bonds. The van der Waals surface area contributed by atoms with E-state index in [0.717, 1.165) is 6.07 Å². The van der Waals surface area contributed by atoms with Crippen LogP contribution >= 0.6 is 11.6 Å². The van der Waals surface area contributed by atoms with Gasteiger partial charge in [0.25, 0.3) is 20.2 Å². The Hall–Kier alpha value is -5.46. The molecule has 1 heterocycles. The topological polar surface area (TPSA) is 244 Å². The summed E-state index contributed by atoms with van der Waals surface area (Å²) in [6.07, 6.45) is 0. The lowest BCUT2D eigenvalue weighted by Crippen LogP contribution is -2.25. The first-order valence-corrected chi connectivity index (χ1v) is 18.7. The van der Waals surface area contributed by atoms with E-state index in [0.29, 0.717) is 5.69 Å². The SMILES string of the molecule is CC.Cc1c(Nc2nc(Cl)nc(Nc3ccccc3)n2)c(C)c(S(=O)(=O)O)c(C)c1Nc1cc(S(=O)(=O)O)c(N)c2c1C(=O)c1ccccc1C2=O. The van der Waals surface area contributed by atoms with E-state index in [1.54, 1.807) is 31.2 Å². The van der Waals surface area contributed by atoms with E-state index in [4.69, 9.17) is 17.3 Å². The van der Waals surface area contributed by atoms with E-state index in [1.807, 2.05) is 19.9 Å². The Labute approximate surface area is 304 Å². The second-order valence-corrected chi connectivity index (χ2v) is 14.3. The number of anilines is 7. The number of nitrogens with two attached hydrogens (primary N) is 1. The summed E-state index contributed by atoms with van der Waals surface area (Å²) in [4.78, 5) is 38.6. The zero-order chi connectivity index (χ0) is 38.3. The maximum Gasteiger partial charge on any atom is 0.296 e. The van der Waals surface area contributed by atoms with Crippen LogP contribution in [0, 0.1) is 20.8 Å². The van der Waals surface area contributed by atoms with Crippen LogP contribution < -0.4 is 21.7 Å². The number of hydrogen-bond acceptors (Lipinski definition) is 13. The van der Waals surface area contributed by atoms with Crippen LogP contribution in [0.4, 0.5) is 40.3 Å². The molecule has 0 atom stereocenters. The molecule has 5 aromatic rings. The van der Waals surface area contributed by atoms with Crippen molar-refractivity contribution in [1.29, 1.82) is 0 Å². The van der Waals surface area contributed by atoms with Crippen LogP contribution in [0.25, 0.3) is 0 Å². The standard InChI is InChI=1S/C32H26ClN7O8S2.C2H6/c1-14-25(36-20-13-21(49(43,44)45)24(34)23-22(20)27(41)18-11-7-8-12-19(18)28(23)42)15(2)29(50(46,47)48)16(3)26(14)37-32-39-30(33)38-31(40-32)35-17-9-5-4-6-10-17;1-2/h4-13,36H,34H2,1-3H3,(H,43,44,45)(H,46,47,48)(H2,35,37,38,39,40);1-2H3. The molecule has 18 heteroatoms. The van der Waals surface area contributed by atoms with Crippen molar-refractivity contribution in [2.45, 2.75) is 44.4 Å². The van der Waals surface area contributed by atoms with Gasteiger partial charge in [-0.25, -0.2) is 0 Å². The fourth-order valence-corrected chi connectivity index (χ4v) is 7.71. The normalized spacial score (nSPS) is 12.3. The number of ketones is 2. The number of halogens is 1. The minimum Gasteiger partial charge on any atom is -0.397 e. The third kappa shape index (κ3) is 7.04. The highest BCUT2D eigenvalue weighted by molar-refractivity contribution is 7.86. The lowest BCUT2D eigenvalue weighted by atomic mass is 9.82. The molecule has 7 N–H and O–H groups in total. The van der Waals surface area contributed by atoms with Gasteiger partial charge in [0, 0.05) is 22.5 Å². The van der Waals surface area contributed by atoms with Gasteiger partial charge < -0.3 is 21.7 Å². The third-order valence-electron chi connectivity index (χ3n) is 8.05. The van der Waals surface area contributed by atoms with Crippen LogP contribution in [0.15, 0.2) is 70.5 Å². The first kappa shape index (κ1) is 37.8. The number of rotatable bonds is 8. The molecule has 0 saturated carbocycles. The first-order valence-electron chi connectivity index (χ1n) is 15.5. The molecule has 6 rings (SSSR count). The van der Waals surface area contributed by atoms with Crippen molar-refractivity contribution >= 4 is 83.7 Å². The largest absolute Gasteiger partial charge is 0.397 e. The zero-order valence-corrected chi connectivity index (χ0v) is 30.6. The monoisotopic (exact) mass is 765 g/mol. The van der Waals surface area contributed by atoms with Gasteiger partial charge in [0.15, 0.2) is 11.6 Å². The Kier molecular flexibility index (Phi) is 10.4. The predicted octanol–water partition coefficient (Wildman–Crippen LogP) is 6.56. The van der Waals surface area contributed by atoms with Crippen molar-refractivity contribution < 1.29 is 35.5 Å². The van der Waals surface area contributed by atoms with Crippen molar-refractivity contribution in [2.24, 2.45) is 0 Å². The van der Waals surface area contributed by atoms with Crippen LogP contribution in [0.3, 0.4) is 0 Å². The first-order chi connectivity index (χ1) is 24.5. The predicted molar refractivity (Wildman–Crippen MR) is 197 cm³/mol. The molecule has 4 aromatic carbocycles. The molecule has 0 bridgehead atoms. The summed E-state index contributed by atoms with van der Waals surface area (Å²) in [6, 6.07) is 15.6. The number of nitrogen functional groups attached to an aromatic ring is 1. The third-order valence-corrected chi connectivity index (χ3v) is 10.2. The molecular weight excluding hydrogens is 734 g/mol. The molecule has 270 valence electrons. The van der Waals surface area contributed by atoms with E-state index < -0.39 is 52.8 Å². The second-order valence-electron chi connectivity index (χ2n) is 11.2. The fourth-order valence-electron chi connectivity index (χ4n) is 5.92. The van der Waals surface area contributed by atoms with E-state index in [1.165, 1.54) is 38.1 Å². The summed E-state index contributed by atoms with van der Waals surface area (Å²) in [5.74, 6) is -1.54. The summed E-state index contributed by atoms with van der Waals surface area (Å²) >= 11 is 6.19. The van der Waals surface area contributed by atoms with Gasteiger partial charge in [-0.05, 0) is 67.3 Å². The lowest BCUT2D eigenvalue weighted by molar-refractivity contribution is 0.0980. The molecular formula is C34H32ClN7O8S2. The Morgan fingerprint density at radius 2 is 1.17 bits per heavy atom. The molecule has 1 aliphatic carbocycles. The van der Waals surface area contributed by atoms with Gasteiger partial charge in [-0.3, -0.25) is 18.7 Å². The number of aromatic nitrogens is 3. The summed E-state index contributed by atoms with van der Waals surface area (Å²) in [5, 5.41) is 8.59. The number of fused-ring (bicyclic) bond motifs is 2. The Morgan fingerprint density at radius 3 is 1.71 bits per heavy atom. The highest BCUT2D eigenvalue weighted by Gasteiger charge is 2.37. The summed E-state index contributed by atoms with van der Waals surface area (Å²) in [7, 11) is -9.99. The molecule has 52 heavy (non-hydrogen) atoms. The van der Waals surface area contributed by atoms with Crippen LogP contribution in [0.2, 0.25) is 5.28 Å². The summed E-state index contributed by atoms with van der Waals surface area (Å²) in [5.41, 5.74) is 5.31. The molecule has 0 fully saturated rings. The maximum atomic E-state index is 13.9. The van der Waals surface area contributed by atoms with Gasteiger partial charge in [0.2, 0.25) is 17.2 Å². The number of nitrogens with one attached hydrogen (secondary N) is 3. The van der Waals surface area contributed by atoms with Gasteiger partial charge in [0.1, 0.15) is 9.79 Å². The van der Waals surface area contributed by atoms with Gasteiger partial charge in [0.05, 0.1) is 28.2 Å². The number of benzene rings is 4. The van der Waals surface area contributed by atoms with Crippen LogP contribution in [0.1, 0.15) is 62.4 Å². The molecule has 0 saturated heterocycles.